The van der Waals surface area contributed by atoms with Gasteiger partial charge in [0.15, 0.2) is 0 Å². The second kappa shape index (κ2) is 5.93. The molecule has 2 atom stereocenters. The zero-order valence-corrected chi connectivity index (χ0v) is 12.0. The van der Waals surface area contributed by atoms with E-state index < -0.39 is 5.60 Å². The predicted molar refractivity (Wildman–Crippen MR) is 78.4 cm³/mol. The third-order valence-corrected chi connectivity index (χ3v) is 4.09. The van der Waals surface area contributed by atoms with Gasteiger partial charge in [0.05, 0.1) is 11.7 Å². The normalized spacial score (nSPS) is 26.0. The Labute approximate surface area is 115 Å². The molecule has 1 saturated heterocycles. The van der Waals surface area contributed by atoms with Gasteiger partial charge in [-0.2, -0.15) is 0 Å². The molecule has 0 bridgehead atoms. The van der Waals surface area contributed by atoms with Gasteiger partial charge in [0, 0.05) is 18.8 Å². The summed E-state index contributed by atoms with van der Waals surface area (Å²) in [5, 5.41) is 19.9. The van der Waals surface area contributed by atoms with E-state index in [0.717, 1.165) is 44.3 Å². The van der Waals surface area contributed by atoms with Gasteiger partial charge in [0.25, 0.3) is 0 Å². The van der Waals surface area contributed by atoms with E-state index in [9.17, 15) is 10.2 Å². The Morgan fingerprint density at radius 1 is 1.21 bits per heavy atom. The molecule has 0 aliphatic carbocycles. The Hall–Kier alpha value is -1.06. The van der Waals surface area contributed by atoms with Crippen LogP contribution in [0.2, 0.25) is 0 Å². The molecule has 19 heavy (non-hydrogen) atoms. The highest BCUT2D eigenvalue weighted by Crippen LogP contribution is 2.26. The maximum atomic E-state index is 10.1. The number of benzene rings is 1. The lowest BCUT2D eigenvalue weighted by atomic mass is 9.98. The van der Waals surface area contributed by atoms with Gasteiger partial charge in [0.1, 0.15) is 0 Å². The molecule has 3 heteroatoms. The lowest BCUT2D eigenvalue weighted by molar-refractivity contribution is 0.0481. The molecule has 1 aromatic rings. The molecule has 1 fully saturated rings. The van der Waals surface area contributed by atoms with Crippen LogP contribution in [0, 0.1) is 0 Å². The summed E-state index contributed by atoms with van der Waals surface area (Å²) < 4.78 is 0. The van der Waals surface area contributed by atoms with Crippen molar-refractivity contribution in [2.45, 2.75) is 51.2 Å². The highest BCUT2D eigenvalue weighted by Gasteiger charge is 2.24. The van der Waals surface area contributed by atoms with Crippen molar-refractivity contribution in [1.82, 2.24) is 0 Å². The summed E-state index contributed by atoms with van der Waals surface area (Å²) in [6.07, 6.45) is 3.08. The van der Waals surface area contributed by atoms with Gasteiger partial charge >= 0.3 is 0 Å². The van der Waals surface area contributed by atoms with E-state index in [1.807, 2.05) is 26.0 Å². The zero-order chi connectivity index (χ0) is 13.9. The quantitative estimate of drug-likeness (QED) is 0.881. The number of aliphatic hydroxyl groups excluding tert-OH is 1. The summed E-state index contributed by atoms with van der Waals surface area (Å²) in [6.45, 7) is 5.79. The van der Waals surface area contributed by atoms with Crippen LogP contribution in [0.1, 0.15) is 51.2 Å². The summed E-state index contributed by atoms with van der Waals surface area (Å²) in [5.41, 5.74) is 1.64. The Kier molecular flexibility index (Phi) is 4.48. The molecule has 1 heterocycles. The van der Waals surface area contributed by atoms with E-state index in [0.29, 0.717) is 0 Å². The molecule has 2 unspecified atom stereocenters. The van der Waals surface area contributed by atoms with Gasteiger partial charge < -0.3 is 15.1 Å². The number of anilines is 1. The zero-order valence-electron chi connectivity index (χ0n) is 12.0. The number of rotatable bonds is 3. The van der Waals surface area contributed by atoms with E-state index >= 15 is 0 Å². The Bertz CT molecular complexity index is 400. The molecule has 0 saturated carbocycles. The third-order valence-electron chi connectivity index (χ3n) is 4.09. The van der Waals surface area contributed by atoms with Crippen molar-refractivity contribution in [3.8, 4) is 0 Å². The minimum Gasteiger partial charge on any atom is -0.390 e. The van der Waals surface area contributed by atoms with Gasteiger partial charge in [-0.3, -0.25) is 0 Å². The van der Waals surface area contributed by atoms with E-state index in [-0.39, 0.29) is 6.10 Å². The third kappa shape index (κ3) is 3.71. The first kappa shape index (κ1) is 14.4. The topological polar surface area (TPSA) is 43.7 Å². The SMILES string of the molecule is CCC(O)c1ccc(N2CCCC(C)(O)CC2)cc1. The minimum atomic E-state index is -0.521. The van der Waals surface area contributed by atoms with E-state index in [2.05, 4.69) is 17.0 Å². The Balaban J connectivity index is 2.05. The molecule has 1 aliphatic heterocycles. The molecule has 0 spiro atoms. The van der Waals surface area contributed by atoms with Crippen LogP contribution >= 0.6 is 0 Å². The molecule has 1 aliphatic rings. The van der Waals surface area contributed by atoms with Crippen LogP contribution in [0.15, 0.2) is 24.3 Å². The van der Waals surface area contributed by atoms with Crippen molar-refractivity contribution in [2.24, 2.45) is 0 Å². The highest BCUT2D eigenvalue weighted by molar-refractivity contribution is 5.48. The first-order valence-corrected chi connectivity index (χ1v) is 7.27. The van der Waals surface area contributed by atoms with Crippen molar-refractivity contribution in [2.75, 3.05) is 18.0 Å². The second-order valence-corrected chi connectivity index (χ2v) is 5.85. The molecule has 2 rings (SSSR count). The summed E-state index contributed by atoms with van der Waals surface area (Å²) in [6, 6.07) is 8.17. The average molecular weight is 263 g/mol. The van der Waals surface area contributed by atoms with Gasteiger partial charge in [0.2, 0.25) is 0 Å². The van der Waals surface area contributed by atoms with Gasteiger partial charge in [-0.05, 0) is 50.3 Å². The first-order valence-electron chi connectivity index (χ1n) is 7.27. The highest BCUT2D eigenvalue weighted by atomic mass is 16.3. The Morgan fingerprint density at radius 3 is 2.53 bits per heavy atom. The first-order chi connectivity index (χ1) is 9.02. The molecule has 0 aromatic heterocycles. The molecular weight excluding hydrogens is 238 g/mol. The predicted octanol–water partition coefficient (Wildman–Crippen LogP) is 2.87. The largest absolute Gasteiger partial charge is 0.390 e. The molecule has 3 nitrogen and oxygen atoms in total. The van der Waals surface area contributed by atoms with Crippen LogP contribution in [-0.2, 0) is 0 Å². The van der Waals surface area contributed by atoms with Crippen molar-refractivity contribution in [1.29, 1.82) is 0 Å². The summed E-state index contributed by atoms with van der Waals surface area (Å²) in [4.78, 5) is 2.32. The molecule has 106 valence electrons. The fourth-order valence-electron chi connectivity index (χ4n) is 2.66. The lowest BCUT2D eigenvalue weighted by Gasteiger charge is -2.24. The van der Waals surface area contributed by atoms with Crippen LogP contribution < -0.4 is 4.90 Å². The van der Waals surface area contributed by atoms with Crippen molar-refractivity contribution >= 4 is 5.69 Å². The minimum absolute atomic E-state index is 0.362. The molecule has 0 amide bonds. The molecular formula is C16H25NO2. The fraction of sp³-hybridized carbons (Fsp3) is 0.625. The number of aliphatic hydroxyl groups is 2. The van der Waals surface area contributed by atoms with Gasteiger partial charge in [-0.15, -0.1) is 0 Å². The number of hydrogen-bond acceptors (Lipinski definition) is 3. The van der Waals surface area contributed by atoms with Crippen LogP contribution in [0.4, 0.5) is 5.69 Å². The van der Waals surface area contributed by atoms with E-state index in [4.69, 9.17) is 0 Å². The summed E-state index contributed by atoms with van der Waals surface area (Å²) >= 11 is 0. The van der Waals surface area contributed by atoms with Crippen molar-refractivity contribution < 1.29 is 10.2 Å². The van der Waals surface area contributed by atoms with Crippen molar-refractivity contribution in [3.05, 3.63) is 29.8 Å². The summed E-state index contributed by atoms with van der Waals surface area (Å²) in [5.74, 6) is 0. The van der Waals surface area contributed by atoms with E-state index in [1.165, 1.54) is 5.69 Å². The van der Waals surface area contributed by atoms with Gasteiger partial charge in [-0.1, -0.05) is 19.1 Å². The van der Waals surface area contributed by atoms with Crippen LogP contribution in [0.3, 0.4) is 0 Å². The Morgan fingerprint density at radius 2 is 1.89 bits per heavy atom. The van der Waals surface area contributed by atoms with E-state index in [1.54, 1.807) is 0 Å². The standard InChI is InChI=1S/C16H25NO2/c1-3-15(18)13-5-7-14(8-6-13)17-11-4-9-16(2,19)10-12-17/h5-8,15,18-19H,3-4,9-12H2,1-2H3. The monoisotopic (exact) mass is 263 g/mol. The molecule has 1 aromatic carbocycles. The van der Waals surface area contributed by atoms with Crippen LogP contribution in [-0.4, -0.2) is 28.9 Å². The van der Waals surface area contributed by atoms with Crippen molar-refractivity contribution in [3.63, 3.8) is 0 Å². The summed E-state index contributed by atoms with van der Waals surface area (Å²) in [7, 11) is 0. The maximum absolute atomic E-state index is 10.1. The number of nitrogens with zero attached hydrogens (tertiary/aromatic N) is 1. The average Bonchev–Trinajstić information content (AvgIpc) is 2.59. The van der Waals surface area contributed by atoms with Crippen LogP contribution in [0.5, 0.6) is 0 Å². The van der Waals surface area contributed by atoms with Gasteiger partial charge in [-0.25, -0.2) is 0 Å². The molecule has 0 radical (unpaired) electrons. The smallest absolute Gasteiger partial charge is 0.0787 e. The lowest BCUT2D eigenvalue weighted by Crippen LogP contribution is -2.28. The fourth-order valence-corrected chi connectivity index (χ4v) is 2.66. The van der Waals surface area contributed by atoms with Crippen LogP contribution in [0.25, 0.3) is 0 Å². The second-order valence-electron chi connectivity index (χ2n) is 5.85. The molecule has 2 N–H and O–H groups in total. The number of hydrogen-bond donors (Lipinski definition) is 2. The maximum Gasteiger partial charge on any atom is 0.0787 e.